The Bertz CT molecular complexity index is 753. The number of urea groups is 1. The van der Waals surface area contributed by atoms with Gasteiger partial charge < -0.3 is 20.3 Å². The van der Waals surface area contributed by atoms with E-state index in [0.717, 1.165) is 31.7 Å². The van der Waals surface area contributed by atoms with Crippen molar-refractivity contribution in [3.63, 3.8) is 0 Å². The number of ether oxygens (including phenoxy) is 1. The molecule has 138 valence electrons. The number of aromatic nitrogens is 1. The third-order valence-electron chi connectivity index (χ3n) is 4.75. The summed E-state index contributed by atoms with van der Waals surface area (Å²) in [6, 6.07) is 9.51. The second-order valence-corrected chi connectivity index (χ2v) is 6.91. The number of nitrogens with zero attached hydrogens (tertiary/aromatic N) is 2. The molecule has 6 heteroatoms. The molecule has 2 N–H and O–H groups in total. The zero-order chi connectivity index (χ0) is 18.5. The van der Waals surface area contributed by atoms with Crippen LogP contribution in [0.5, 0.6) is 11.6 Å². The number of benzene rings is 1. The van der Waals surface area contributed by atoms with Crippen LogP contribution in [0.4, 0.5) is 10.5 Å². The Labute approximate surface area is 154 Å². The number of aryl methyl sites for hydroxylation is 2. The van der Waals surface area contributed by atoms with E-state index in [4.69, 9.17) is 4.74 Å². The van der Waals surface area contributed by atoms with Crippen LogP contribution in [0.2, 0.25) is 0 Å². The summed E-state index contributed by atoms with van der Waals surface area (Å²) in [6.45, 7) is 6.13. The van der Waals surface area contributed by atoms with Crippen LogP contribution in [-0.4, -0.2) is 42.1 Å². The monoisotopic (exact) mass is 354 g/mol. The molecule has 1 aromatic heterocycles. The van der Waals surface area contributed by atoms with Gasteiger partial charge in [-0.3, -0.25) is 0 Å². The molecule has 1 aliphatic rings. The first kappa shape index (κ1) is 18.2. The van der Waals surface area contributed by atoms with Crippen molar-refractivity contribution in [1.82, 2.24) is 15.2 Å². The molecule has 1 fully saturated rings. The molecule has 1 saturated heterocycles. The van der Waals surface area contributed by atoms with Crippen LogP contribution in [0.3, 0.4) is 0 Å². The van der Waals surface area contributed by atoms with Crippen molar-refractivity contribution in [1.29, 1.82) is 0 Å². The van der Waals surface area contributed by atoms with Gasteiger partial charge in [-0.1, -0.05) is 6.07 Å². The first-order chi connectivity index (χ1) is 12.5. The minimum atomic E-state index is -0.191. The molecular weight excluding hydrogens is 328 g/mol. The summed E-state index contributed by atoms with van der Waals surface area (Å²) < 4.78 is 5.76. The van der Waals surface area contributed by atoms with E-state index in [0.29, 0.717) is 11.6 Å². The van der Waals surface area contributed by atoms with E-state index in [1.807, 2.05) is 25.1 Å². The summed E-state index contributed by atoms with van der Waals surface area (Å²) in [5.74, 6) is 1.25. The number of piperidine rings is 1. The summed E-state index contributed by atoms with van der Waals surface area (Å²) in [5, 5.41) is 5.84. The average Bonchev–Trinajstić information content (AvgIpc) is 2.62. The number of hydrogen-bond donors (Lipinski definition) is 2. The first-order valence-electron chi connectivity index (χ1n) is 8.97. The van der Waals surface area contributed by atoms with Gasteiger partial charge in [0, 0.05) is 12.1 Å². The van der Waals surface area contributed by atoms with Gasteiger partial charge in [-0.2, -0.15) is 0 Å². The summed E-state index contributed by atoms with van der Waals surface area (Å²) in [4.78, 5) is 18.6. The second kappa shape index (κ2) is 8.19. The van der Waals surface area contributed by atoms with E-state index in [1.165, 1.54) is 11.1 Å². The number of hydrogen-bond acceptors (Lipinski definition) is 4. The molecule has 2 heterocycles. The van der Waals surface area contributed by atoms with Crippen LogP contribution in [0.15, 0.2) is 36.5 Å². The van der Waals surface area contributed by atoms with E-state index in [9.17, 15) is 4.79 Å². The number of anilines is 1. The standard InChI is InChI=1S/C20H26N4O2/c1-14-4-6-18(12-15(14)2)26-19-7-5-17(13-21-19)23-20(25)22-16-8-10-24(3)11-9-16/h4-7,12-13,16H,8-11H2,1-3H3,(H2,22,23,25). The molecule has 3 rings (SSSR count). The number of carbonyl (C=O) groups excluding carboxylic acids is 1. The average molecular weight is 354 g/mol. The van der Waals surface area contributed by atoms with E-state index < -0.39 is 0 Å². The minimum absolute atomic E-state index is 0.191. The van der Waals surface area contributed by atoms with Gasteiger partial charge in [-0.25, -0.2) is 9.78 Å². The summed E-state index contributed by atoms with van der Waals surface area (Å²) in [5.41, 5.74) is 3.04. The minimum Gasteiger partial charge on any atom is -0.439 e. The van der Waals surface area contributed by atoms with Crippen molar-refractivity contribution >= 4 is 11.7 Å². The Morgan fingerprint density at radius 2 is 1.92 bits per heavy atom. The molecule has 2 amide bonds. The van der Waals surface area contributed by atoms with E-state index in [2.05, 4.69) is 34.5 Å². The van der Waals surface area contributed by atoms with Gasteiger partial charge in [-0.05, 0) is 76.2 Å². The Morgan fingerprint density at radius 1 is 1.15 bits per heavy atom. The lowest BCUT2D eigenvalue weighted by molar-refractivity contribution is 0.221. The molecule has 1 aromatic carbocycles. The molecule has 0 saturated carbocycles. The van der Waals surface area contributed by atoms with Crippen molar-refractivity contribution in [2.75, 3.05) is 25.5 Å². The van der Waals surface area contributed by atoms with Crippen molar-refractivity contribution in [3.8, 4) is 11.6 Å². The van der Waals surface area contributed by atoms with E-state index in [-0.39, 0.29) is 12.1 Å². The van der Waals surface area contributed by atoms with Gasteiger partial charge in [0.2, 0.25) is 5.88 Å². The second-order valence-electron chi connectivity index (χ2n) is 6.91. The molecule has 26 heavy (non-hydrogen) atoms. The maximum Gasteiger partial charge on any atom is 0.319 e. The van der Waals surface area contributed by atoms with Crippen molar-refractivity contribution in [2.45, 2.75) is 32.7 Å². The molecule has 0 unspecified atom stereocenters. The number of rotatable bonds is 4. The lowest BCUT2D eigenvalue weighted by atomic mass is 10.1. The van der Waals surface area contributed by atoms with Crippen LogP contribution in [0.1, 0.15) is 24.0 Å². The predicted molar refractivity (Wildman–Crippen MR) is 103 cm³/mol. The fourth-order valence-electron chi connectivity index (χ4n) is 2.92. The van der Waals surface area contributed by atoms with Crippen molar-refractivity contribution < 1.29 is 9.53 Å². The Kier molecular flexibility index (Phi) is 5.73. The number of carbonyl (C=O) groups is 1. The van der Waals surface area contributed by atoms with E-state index >= 15 is 0 Å². The van der Waals surface area contributed by atoms with Crippen molar-refractivity contribution in [3.05, 3.63) is 47.7 Å². The lowest BCUT2D eigenvalue weighted by Gasteiger charge is -2.29. The molecule has 1 aliphatic heterocycles. The maximum absolute atomic E-state index is 12.1. The third kappa shape index (κ3) is 4.95. The molecular formula is C20H26N4O2. The molecule has 2 aromatic rings. The van der Waals surface area contributed by atoms with Crippen LogP contribution in [0, 0.1) is 13.8 Å². The van der Waals surface area contributed by atoms with Gasteiger partial charge in [0.05, 0.1) is 11.9 Å². The maximum atomic E-state index is 12.1. The zero-order valence-electron chi connectivity index (χ0n) is 15.6. The van der Waals surface area contributed by atoms with Gasteiger partial charge in [0.1, 0.15) is 5.75 Å². The third-order valence-corrected chi connectivity index (χ3v) is 4.75. The predicted octanol–water partition coefficient (Wildman–Crippen LogP) is 3.71. The highest BCUT2D eigenvalue weighted by molar-refractivity contribution is 5.89. The topological polar surface area (TPSA) is 66.5 Å². The number of amides is 2. The molecule has 6 nitrogen and oxygen atoms in total. The summed E-state index contributed by atoms with van der Waals surface area (Å²) >= 11 is 0. The summed E-state index contributed by atoms with van der Waals surface area (Å²) in [6.07, 6.45) is 3.56. The fourth-order valence-corrected chi connectivity index (χ4v) is 2.92. The fraction of sp³-hybridized carbons (Fsp3) is 0.400. The molecule has 0 radical (unpaired) electrons. The number of nitrogens with one attached hydrogen (secondary N) is 2. The Balaban J connectivity index is 1.52. The zero-order valence-corrected chi connectivity index (χ0v) is 15.6. The first-order valence-corrected chi connectivity index (χ1v) is 8.97. The normalized spacial score (nSPS) is 15.5. The number of pyridine rings is 1. The summed E-state index contributed by atoms with van der Waals surface area (Å²) in [7, 11) is 2.10. The molecule has 0 aliphatic carbocycles. The number of likely N-dealkylation sites (tertiary alicyclic amines) is 1. The molecule has 0 atom stereocenters. The van der Waals surface area contributed by atoms with Crippen LogP contribution in [0.25, 0.3) is 0 Å². The quantitative estimate of drug-likeness (QED) is 0.878. The largest absolute Gasteiger partial charge is 0.439 e. The van der Waals surface area contributed by atoms with Crippen LogP contribution < -0.4 is 15.4 Å². The molecule has 0 bridgehead atoms. The van der Waals surface area contributed by atoms with Crippen LogP contribution in [-0.2, 0) is 0 Å². The Hall–Kier alpha value is -2.60. The lowest BCUT2D eigenvalue weighted by Crippen LogP contribution is -2.44. The highest BCUT2D eigenvalue weighted by Gasteiger charge is 2.18. The van der Waals surface area contributed by atoms with Crippen LogP contribution >= 0.6 is 0 Å². The smallest absolute Gasteiger partial charge is 0.319 e. The SMILES string of the molecule is Cc1ccc(Oc2ccc(NC(=O)NC3CCN(C)CC3)cn2)cc1C. The van der Waals surface area contributed by atoms with Crippen molar-refractivity contribution in [2.24, 2.45) is 0 Å². The Morgan fingerprint density at radius 3 is 2.58 bits per heavy atom. The van der Waals surface area contributed by atoms with Gasteiger partial charge >= 0.3 is 6.03 Å². The van der Waals surface area contributed by atoms with E-state index in [1.54, 1.807) is 18.3 Å². The van der Waals surface area contributed by atoms with Gasteiger partial charge in [0.15, 0.2) is 0 Å². The van der Waals surface area contributed by atoms with Gasteiger partial charge in [-0.15, -0.1) is 0 Å². The highest BCUT2D eigenvalue weighted by atomic mass is 16.5. The highest BCUT2D eigenvalue weighted by Crippen LogP contribution is 2.23. The molecule has 0 spiro atoms. The van der Waals surface area contributed by atoms with Gasteiger partial charge in [0.25, 0.3) is 0 Å².